The smallest absolute Gasteiger partial charge is 0.406 e. The third-order valence-electron chi connectivity index (χ3n) is 12.9. The third-order valence-corrected chi connectivity index (χ3v) is 13.2. The van der Waals surface area contributed by atoms with Crippen LogP contribution < -0.4 is 25.4 Å². The quantitative estimate of drug-likeness (QED) is 0.0461. The van der Waals surface area contributed by atoms with Gasteiger partial charge in [0, 0.05) is 35.9 Å². The van der Waals surface area contributed by atoms with E-state index in [1.165, 1.54) is 23.1 Å². The summed E-state index contributed by atoms with van der Waals surface area (Å²) in [5, 5.41) is 27.6. The number of carbonyl (C=O) groups excluding carboxylic acids is 2. The number of hydrogen-bond donors (Lipinski definition) is 5. The summed E-state index contributed by atoms with van der Waals surface area (Å²) in [7, 11) is 1.83. The van der Waals surface area contributed by atoms with E-state index in [-0.39, 0.29) is 112 Å². The minimum Gasteiger partial charge on any atom is -0.492 e. The van der Waals surface area contributed by atoms with Gasteiger partial charge in [0.05, 0.1) is 97.9 Å². The van der Waals surface area contributed by atoms with Gasteiger partial charge < -0.3 is 68.5 Å². The number of pyridine rings is 1. The van der Waals surface area contributed by atoms with Crippen LogP contribution in [-0.4, -0.2) is 177 Å². The van der Waals surface area contributed by atoms with Crippen LogP contribution in [0.4, 0.5) is 23.2 Å². The van der Waals surface area contributed by atoms with E-state index in [2.05, 4.69) is 46.1 Å². The minimum atomic E-state index is -4.58. The number of alkyl halides is 4. The van der Waals surface area contributed by atoms with E-state index < -0.39 is 49.2 Å². The van der Waals surface area contributed by atoms with Crippen LogP contribution in [0, 0.1) is 0 Å². The van der Waals surface area contributed by atoms with Gasteiger partial charge in [0.15, 0.2) is 11.8 Å². The number of piperidine rings is 1. The van der Waals surface area contributed by atoms with Gasteiger partial charge in [0.2, 0.25) is 17.6 Å². The van der Waals surface area contributed by atoms with Crippen molar-refractivity contribution < 1.29 is 65.2 Å². The molecule has 6 atom stereocenters. The Hall–Kier alpha value is -6.94. The molecule has 0 saturated carbocycles. The monoisotopic (exact) mass is 1080 g/mol. The van der Waals surface area contributed by atoms with Crippen LogP contribution in [0.25, 0.3) is 44.8 Å². The Morgan fingerprint density at radius 1 is 0.987 bits per heavy atom. The number of amides is 2. The molecule has 0 bridgehead atoms. The second-order valence-corrected chi connectivity index (χ2v) is 18.8. The van der Waals surface area contributed by atoms with E-state index in [0.29, 0.717) is 58.2 Å². The number of H-pyrrole nitrogens is 1. The average molecular weight is 1080 g/mol. The van der Waals surface area contributed by atoms with Gasteiger partial charge in [-0.2, -0.15) is 28.2 Å². The van der Waals surface area contributed by atoms with Crippen LogP contribution in [0.5, 0.6) is 11.8 Å². The largest absolute Gasteiger partial charge is 0.492 e. The number of nitrogens with zero attached hydrogens (tertiary/aromatic N) is 8. The molecule has 22 nitrogen and oxygen atoms in total. The molecular weight excluding hydrogens is 1030 g/mol. The van der Waals surface area contributed by atoms with E-state index in [1.807, 2.05) is 24.1 Å². The molecule has 0 radical (unpaired) electrons. The van der Waals surface area contributed by atoms with Gasteiger partial charge >= 0.3 is 6.18 Å². The number of imidazole rings is 1. The summed E-state index contributed by atoms with van der Waals surface area (Å²) in [5.74, 6) is -0.427. The van der Waals surface area contributed by atoms with Gasteiger partial charge in [-0.15, -0.1) is 0 Å². The Kier molecular flexibility index (Phi) is 16.0. The molecule has 3 fully saturated rings. The van der Waals surface area contributed by atoms with Gasteiger partial charge in [-0.05, 0) is 62.0 Å². The fraction of sp³-hybridized carbons (Fsp3) is 0.449. The first-order valence-corrected chi connectivity index (χ1v) is 24.8. The standard InChI is InChI=1S/C49H53ClF4N12O10/c1-64-11-9-34(32(51)22-64)58-33-3-2-4-36-30(33)17-37(66(36)26-49(52,53)54)46-60-41(76-63-46)20-56-47(69)28-19-57-65(21-28)12-14-70-15-16-71-25-40(68)55-10-13-72-29-7-5-27(6-8-29)42-31(50)18-35-45(61-42)62-48(59-35)75-39-24-74-43-38(67)23-73-44(39)43/h2-8,17-19,21,32,34,38-39,43-44,58,67H,9-16,20,22-26H2,1H3,(H,55,68)(H,56,69)(H,59,61,62)/t32-,34+,38+,39+,43+,44+/m0/s1. The number of halogens is 5. The maximum absolute atomic E-state index is 14.9. The minimum absolute atomic E-state index is 0.0369. The van der Waals surface area contributed by atoms with Crippen molar-refractivity contribution in [3.8, 4) is 34.5 Å². The molecule has 2 aromatic carbocycles. The lowest BCUT2D eigenvalue weighted by atomic mass is 10.0. The van der Waals surface area contributed by atoms with Gasteiger partial charge in [-0.25, -0.2) is 9.37 Å². The SMILES string of the molecule is CN1CC[C@@H](Nc2cccc3c2cc(-c2noc(CNC(=O)c4cnn(CCOCCOCC(=O)NCCOc5ccc(-c6nc7nc(O[C@@H]8CO[C@H]9[C@@H]8OC[C@H]9O)[nH]c7cc6Cl)cc5)c4)n2)n3CC(F)(F)F)[C@@H](F)C1. The number of carbonyl (C=O) groups is 2. The summed E-state index contributed by atoms with van der Waals surface area (Å²) < 4.78 is 98.4. The zero-order chi connectivity index (χ0) is 52.9. The number of aromatic nitrogens is 8. The molecule has 27 heteroatoms. The number of aliphatic hydroxyl groups is 1. The summed E-state index contributed by atoms with van der Waals surface area (Å²) in [6.45, 7) is 0.979. The lowest BCUT2D eigenvalue weighted by Gasteiger charge is -2.33. The molecule has 2 amide bonds. The van der Waals surface area contributed by atoms with E-state index in [1.54, 1.807) is 36.4 Å². The number of ether oxygens (including phenoxy) is 6. The number of rotatable bonds is 22. The second kappa shape index (κ2) is 23.1. The average Bonchev–Trinajstić information content (AvgIpc) is 4.28. The van der Waals surface area contributed by atoms with E-state index in [9.17, 15) is 32.3 Å². The molecule has 0 aliphatic carbocycles. The van der Waals surface area contributed by atoms with E-state index >= 15 is 0 Å². The zero-order valence-corrected chi connectivity index (χ0v) is 41.6. The van der Waals surface area contributed by atoms with Gasteiger partial charge in [0.25, 0.3) is 11.9 Å². The Morgan fingerprint density at radius 2 is 1.82 bits per heavy atom. The van der Waals surface area contributed by atoms with Crippen molar-refractivity contribution >= 4 is 51.2 Å². The van der Waals surface area contributed by atoms with Crippen LogP contribution in [0.3, 0.4) is 0 Å². The van der Waals surface area contributed by atoms with Crippen LogP contribution in [0.15, 0.2) is 71.5 Å². The number of hydrogen-bond acceptors (Lipinski definition) is 17. The highest BCUT2D eigenvalue weighted by atomic mass is 35.5. The number of anilines is 1. The number of benzene rings is 2. The fourth-order valence-corrected chi connectivity index (χ4v) is 9.42. The third kappa shape index (κ3) is 12.5. The highest BCUT2D eigenvalue weighted by molar-refractivity contribution is 6.33. The summed E-state index contributed by atoms with van der Waals surface area (Å²) >= 11 is 6.60. The molecule has 3 saturated heterocycles. The highest BCUT2D eigenvalue weighted by Crippen LogP contribution is 2.36. The molecule has 5 aromatic heterocycles. The van der Waals surface area contributed by atoms with Gasteiger partial charge in [-0.1, -0.05) is 22.8 Å². The fourth-order valence-electron chi connectivity index (χ4n) is 9.16. The molecule has 10 rings (SSSR count). The number of fused-ring (bicyclic) bond motifs is 3. The molecule has 404 valence electrons. The van der Waals surface area contributed by atoms with Crippen LogP contribution in [0.2, 0.25) is 5.02 Å². The van der Waals surface area contributed by atoms with Crippen LogP contribution in [-0.2, 0) is 43.4 Å². The van der Waals surface area contributed by atoms with Crippen molar-refractivity contribution in [3.05, 3.63) is 83.5 Å². The summed E-state index contributed by atoms with van der Waals surface area (Å²) in [4.78, 5) is 43.6. The van der Waals surface area contributed by atoms with Gasteiger partial charge in [0.1, 0.15) is 50.0 Å². The number of likely N-dealkylation sites (tertiary alicyclic amines) is 1. The Morgan fingerprint density at radius 3 is 2.64 bits per heavy atom. The van der Waals surface area contributed by atoms with Crippen molar-refractivity contribution in [2.24, 2.45) is 0 Å². The lowest BCUT2D eigenvalue weighted by Crippen LogP contribution is -2.46. The summed E-state index contributed by atoms with van der Waals surface area (Å²) in [6, 6.07) is 15.0. The van der Waals surface area contributed by atoms with Crippen LogP contribution >= 0.6 is 11.6 Å². The van der Waals surface area contributed by atoms with E-state index in [4.69, 9.17) is 44.5 Å². The van der Waals surface area contributed by atoms with Gasteiger partial charge in [-0.3, -0.25) is 14.3 Å². The first kappa shape index (κ1) is 52.5. The number of nitrogens with one attached hydrogen (secondary N) is 4. The Labute approximate surface area is 435 Å². The van der Waals surface area contributed by atoms with Crippen molar-refractivity contribution in [2.75, 3.05) is 78.2 Å². The molecule has 3 aliphatic rings. The molecule has 7 aromatic rings. The molecule has 5 N–H and O–H groups in total. The highest BCUT2D eigenvalue weighted by Gasteiger charge is 2.48. The molecule has 76 heavy (non-hydrogen) atoms. The number of aromatic amines is 1. The van der Waals surface area contributed by atoms with Crippen molar-refractivity contribution in [3.63, 3.8) is 0 Å². The van der Waals surface area contributed by atoms with Crippen molar-refractivity contribution in [1.82, 2.24) is 55.0 Å². The second-order valence-electron chi connectivity index (χ2n) is 18.4. The predicted octanol–water partition coefficient (Wildman–Crippen LogP) is 4.56. The summed E-state index contributed by atoms with van der Waals surface area (Å²) in [6.07, 6.45) is -4.29. The number of aliphatic hydroxyl groups excluding tert-OH is 1. The van der Waals surface area contributed by atoms with Crippen molar-refractivity contribution in [1.29, 1.82) is 0 Å². The summed E-state index contributed by atoms with van der Waals surface area (Å²) in [5.41, 5.74) is 3.25. The van der Waals surface area contributed by atoms with Crippen LogP contribution in [0.1, 0.15) is 22.7 Å². The normalized spacial score (nSPS) is 20.8. The first-order valence-electron chi connectivity index (χ1n) is 24.4. The Balaban J connectivity index is 0.605. The van der Waals surface area contributed by atoms with Crippen molar-refractivity contribution in [2.45, 2.75) is 68.9 Å². The Bertz CT molecular complexity index is 3140. The molecule has 8 heterocycles. The zero-order valence-electron chi connectivity index (χ0n) is 40.8. The first-order chi connectivity index (χ1) is 36.7. The predicted molar refractivity (Wildman–Crippen MR) is 263 cm³/mol. The molecule has 0 unspecified atom stereocenters. The maximum Gasteiger partial charge on any atom is 0.406 e. The maximum atomic E-state index is 14.9. The topological polar surface area (TPSA) is 252 Å². The lowest BCUT2D eigenvalue weighted by molar-refractivity contribution is -0.139. The molecule has 0 spiro atoms. The van der Waals surface area contributed by atoms with E-state index in [0.717, 1.165) is 10.1 Å². The molecular formula is C49H53ClF4N12O10. The molecule has 3 aliphatic heterocycles.